The van der Waals surface area contributed by atoms with Gasteiger partial charge in [-0.3, -0.25) is 0 Å². The Morgan fingerprint density at radius 3 is 2.12 bits per heavy atom. The number of fused-ring (bicyclic) bond motifs is 7. The highest BCUT2D eigenvalue weighted by Gasteiger charge is 2.43. The fourth-order valence-electron chi connectivity index (χ4n) is 7.55. The van der Waals surface area contributed by atoms with Crippen molar-refractivity contribution < 1.29 is 0 Å². The van der Waals surface area contributed by atoms with E-state index in [1.807, 2.05) is 0 Å². The number of aromatic nitrogens is 1. The molecule has 3 heterocycles. The molecule has 2 aliphatic heterocycles. The summed E-state index contributed by atoms with van der Waals surface area (Å²) in [4.78, 5) is 2.54. The Kier molecular flexibility index (Phi) is 4.68. The first kappa shape index (κ1) is 23.6. The Morgan fingerprint density at radius 2 is 1.35 bits per heavy atom. The summed E-state index contributed by atoms with van der Waals surface area (Å²) in [6.07, 6.45) is 0. The van der Waals surface area contributed by atoms with E-state index in [1.54, 1.807) is 0 Å². The summed E-state index contributed by atoms with van der Waals surface area (Å²) in [5.41, 5.74) is 17.3. The second-order valence-electron chi connectivity index (χ2n) is 12.8. The average molecular weight is 516 g/mol. The van der Waals surface area contributed by atoms with Gasteiger partial charge < -0.3 is 9.38 Å². The largest absolute Gasteiger partial charge is 0.375 e. The molecule has 0 unspecified atom stereocenters. The number of benzene rings is 5. The van der Waals surface area contributed by atoms with Crippen molar-refractivity contribution in [3.63, 3.8) is 0 Å². The quantitative estimate of drug-likeness (QED) is 0.199. The van der Waals surface area contributed by atoms with Crippen molar-refractivity contribution in [1.29, 1.82) is 0 Å². The molecule has 3 heteroatoms. The lowest BCUT2D eigenvalue weighted by Crippen LogP contribution is -2.56. The van der Waals surface area contributed by atoms with Gasteiger partial charge in [0.25, 0.3) is 0 Å². The van der Waals surface area contributed by atoms with Crippen molar-refractivity contribution in [2.24, 2.45) is 0 Å². The average Bonchev–Trinajstić information content (AvgIpc) is 3.25. The van der Waals surface area contributed by atoms with Crippen LogP contribution in [0.25, 0.3) is 32.9 Å². The lowest BCUT2D eigenvalue weighted by Gasteiger charge is -2.41. The van der Waals surface area contributed by atoms with Crippen LogP contribution < -0.4 is 15.8 Å². The molecule has 0 bridgehead atoms. The third-order valence-electron chi connectivity index (χ3n) is 9.15. The number of para-hydroxylation sites is 2. The lowest BCUT2D eigenvalue weighted by molar-refractivity contribution is 0.591. The van der Waals surface area contributed by atoms with E-state index < -0.39 is 0 Å². The number of rotatable bonds is 1. The minimum Gasteiger partial charge on any atom is -0.375 e. The molecule has 0 radical (unpaired) electrons. The first-order valence-corrected chi connectivity index (χ1v) is 14.4. The Hall–Kier alpha value is -4.24. The standard InChI is InChI=1S/C37H33BN2/c1-22-18-23(2)35(24(3)19-22)39-32-16-10-8-14-30(32)38-34-27(13-11-17-33(34)39)29-21-25(37(4,5)6)20-28-26-12-7-9-15-31(26)40(38)36(28)29/h7-21H,1-6H3. The molecule has 0 saturated heterocycles. The van der Waals surface area contributed by atoms with Crippen LogP contribution in [0.4, 0.5) is 17.1 Å². The molecule has 2 nitrogen and oxygen atoms in total. The Morgan fingerprint density at radius 1 is 0.650 bits per heavy atom. The van der Waals surface area contributed by atoms with Gasteiger partial charge in [0.15, 0.2) is 0 Å². The first-order chi connectivity index (χ1) is 19.2. The summed E-state index contributed by atoms with van der Waals surface area (Å²) in [7, 11) is 0. The van der Waals surface area contributed by atoms with Crippen LogP contribution in [-0.4, -0.2) is 11.3 Å². The van der Waals surface area contributed by atoms with Gasteiger partial charge in [0, 0.05) is 38.7 Å². The van der Waals surface area contributed by atoms with Gasteiger partial charge in [0.2, 0.25) is 0 Å². The van der Waals surface area contributed by atoms with Crippen molar-refractivity contribution in [3.05, 3.63) is 113 Å². The van der Waals surface area contributed by atoms with Crippen molar-refractivity contribution in [1.82, 2.24) is 4.48 Å². The maximum absolute atomic E-state index is 2.64. The number of hydrogen-bond donors (Lipinski definition) is 0. The third-order valence-corrected chi connectivity index (χ3v) is 9.15. The summed E-state index contributed by atoms with van der Waals surface area (Å²) in [5, 5.41) is 2.70. The van der Waals surface area contributed by atoms with Gasteiger partial charge in [-0.15, -0.1) is 0 Å². The molecule has 6 aromatic rings. The monoisotopic (exact) mass is 516 g/mol. The van der Waals surface area contributed by atoms with Crippen LogP contribution in [0.3, 0.4) is 0 Å². The molecule has 0 spiro atoms. The van der Waals surface area contributed by atoms with Crippen molar-refractivity contribution in [2.75, 3.05) is 4.90 Å². The fraction of sp³-hybridized carbons (Fsp3) is 0.189. The highest BCUT2D eigenvalue weighted by atomic mass is 15.2. The maximum atomic E-state index is 2.64. The molecule has 0 fully saturated rings. The van der Waals surface area contributed by atoms with Crippen LogP contribution >= 0.6 is 0 Å². The maximum Gasteiger partial charge on any atom is 0.333 e. The van der Waals surface area contributed by atoms with Gasteiger partial charge in [0.1, 0.15) is 0 Å². The fourth-order valence-corrected chi connectivity index (χ4v) is 7.55. The van der Waals surface area contributed by atoms with Crippen molar-refractivity contribution >= 4 is 56.6 Å². The smallest absolute Gasteiger partial charge is 0.333 e. The predicted octanol–water partition coefficient (Wildman–Crippen LogP) is 8.43. The zero-order valence-electron chi connectivity index (χ0n) is 24.1. The molecule has 5 aromatic carbocycles. The molecular weight excluding hydrogens is 483 g/mol. The normalized spacial score (nSPS) is 13.7. The van der Waals surface area contributed by atoms with Gasteiger partial charge in [-0.2, -0.15) is 0 Å². The second kappa shape index (κ2) is 7.91. The van der Waals surface area contributed by atoms with Crippen LogP contribution in [0.15, 0.2) is 91.0 Å². The summed E-state index contributed by atoms with van der Waals surface area (Å²) < 4.78 is 2.64. The summed E-state index contributed by atoms with van der Waals surface area (Å²) >= 11 is 0. The molecule has 40 heavy (non-hydrogen) atoms. The Labute approximate surface area is 237 Å². The Bertz CT molecular complexity index is 2020. The zero-order valence-corrected chi connectivity index (χ0v) is 24.1. The number of anilines is 3. The molecule has 0 saturated carbocycles. The molecule has 0 atom stereocenters. The lowest BCUT2D eigenvalue weighted by atomic mass is 9.45. The van der Waals surface area contributed by atoms with E-state index in [0.29, 0.717) is 0 Å². The van der Waals surface area contributed by atoms with E-state index in [-0.39, 0.29) is 12.3 Å². The number of aryl methyl sites for hydroxylation is 3. The van der Waals surface area contributed by atoms with E-state index in [4.69, 9.17) is 0 Å². The molecule has 0 aliphatic carbocycles. The van der Waals surface area contributed by atoms with Crippen LogP contribution in [0.1, 0.15) is 43.0 Å². The molecule has 1 aromatic heterocycles. The van der Waals surface area contributed by atoms with Crippen molar-refractivity contribution in [2.45, 2.75) is 47.0 Å². The van der Waals surface area contributed by atoms with Gasteiger partial charge in [-0.1, -0.05) is 87.0 Å². The van der Waals surface area contributed by atoms with Gasteiger partial charge in [0.05, 0.1) is 5.69 Å². The van der Waals surface area contributed by atoms with Gasteiger partial charge in [-0.05, 0) is 89.7 Å². The SMILES string of the molecule is Cc1cc(C)c(N2c3ccccc3B3c4c(cccc42)-c2cc(C(C)(C)C)cc4c5ccccc5n3c24)c(C)c1. The molecular formula is C37H33BN2. The highest BCUT2D eigenvalue weighted by molar-refractivity contribution is 6.90. The van der Waals surface area contributed by atoms with E-state index in [9.17, 15) is 0 Å². The predicted molar refractivity (Wildman–Crippen MR) is 173 cm³/mol. The highest BCUT2D eigenvalue weighted by Crippen LogP contribution is 2.47. The van der Waals surface area contributed by atoms with Gasteiger partial charge >= 0.3 is 6.85 Å². The van der Waals surface area contributed by atoms with Crippen molar-refractivity contribution in [3.8, 4) is 11.1 Å². The van der Waals surface area contributed by atoms with E-state index in [2.05, 4.69) is 142 Å². The second-order valence-corrected chi connectivity index (χ2v) is 12.8. The minimum atomic E-state index is 0.0499. The molecule has 0 amide bonds. The van der Waals surface area contributed by atoms with E-state index >= 15 is 0 Å². The topological polar surface area (TPSA) is 8.17 Å². The summed E-state index contributed by atoms with van der Waals surface area (Å²) in [5.74, 6) is 0. The van der Waals surface area contributed by atoms with Crippen LogP contribution in [-0.2, 0) is 5.41 Å². The summed E-state index contributed by atoms with van der Waals surface area (Å²) in [6, 6.07) is 34.6. The number of nitrogens with zero attached hydrogens (tertiary/aromatic N) is 2. The molecule has 8 rings (SSSR count). The van der Waals surface area contributed by atoms with E-state index in [0.717, 1.165) is 0 Å². The third kappa shape index (κ3) is 3.01. The minimum absolute atomic E-state index is 0.0499. The first-order valence-electron chi connectivity index (χ1n) is 14.4. The molecule has 194 valence electrons. The van der Waals surface area contributed by atoms with Crippen LogP contribution in [0, 0.1) is 20.8 Å². The zero-order chi connectivity index (χ0) is 27.5. The van der Waals surface area contributed by atoms with E-state index in [1.165, 1.54) is 83.2 Å². The van der Waals surface area contributed by atoms with Crippen LogP contribution in [0.5, 0.6) is 0 Å². The summed E-state index contributed by atoms with van der Waals surface area (Å²) in [6.45, 7) is 13.8. The molecule has 0 N–H and O–H groups in total. The number of hydrogen-bond acceptors (Lipinski definition) is 1. The Balaban J connectivity index is 1.56. The van der Waals surface area contributed by atoms with Crippen LogP contribution in [0.2, 0.25) is 0 Å². The van der Waals surface area contributed by atoms with Gasteiger partial charge in [-0.25, -0.2) is 0 Å². The molecule has 2 aliphatic rings.